The molecule has 4 heterocycles. The third-order valence-corrected chi connectivity index (χ3v) is 6.56. The summed E-state index contributed by atoms with van der Waals surface area (Å²) in [5.74, 6) is 1.91. The van der Waals surface area contributed by atoms with E-state index in [-0.39, 0.29) is 6.04 Å². The van der Waals surface area contributed by atoms with Gasteiger partial charge in [-0.05, 0) is 25.2 Å². The number of hydrogen-bond donors (Lipinski definition) is 1. The largest absolute Gasteiger partial charge is 0.352 e. The van der Waals surface area contributed by atoms with Crippen molar-refractivity contribution in [2.75, 3.05) is 31.1 Å². The molecule has 1 amide bonds. The maximum absolute atomic E-state index is 13.0. The van der Waals surface area contributed by atoms with Gasteiger partial charge in [0.05, 0.1) is 17.6 Å². The monoisotopic (exact) mass is 369 g/mol. The van der Waals surface area contributed by atoms with Crippen LogP contribution in [0.5, 0.6) is 0 Å². The quantitative estimate of drug-likeness (QED) is 0.849. The molecule has 1 aliphatic carbocycles. The van der Waals surface area contributed by atoms with Gasteiger partial charge in [0.25, 0.3) is 0 Å². The third kappa shape index (κ3) is 2.96. The zero-order valence-electron chi connectivity index (χ0n) is 15.8. The van der Waals surface area contributed by atoms with Gasteiger partial charge in [-0.2, -0.15) is 5.10 Å². The first-order chi connectivity index (χ1) is 13.2. The Morgan fingerprint density at radius 3 is 2.78 bits per heavy atom. The molecule has 0 aromatic carbocycles. The highest BCUT2D eigenvalue weighted by molar-refractivity contribution is 5.87. The van der Waals surface area contributed by atoms with E-state index in [0.29, 0.717) is 17.9 Å². The van der Waals surface area contributed by atoms with Crippen LogP contribution in [-0.4, -0.2) is 68.8 Å². The maximum Gasteiger partial charge on any atom is 0.239 e. The standard InChI is InChI=1S/C19H27N7O/c1-24-17-14(11-22-24)18(21-12-20-17)25-6-8-26(9-7-25)19(27)16-10-13-4-2-3-5-15(13)23-16/h11-13,15-16,23H,2-10H2,1H3. The summed E-state index contributed by atoms with van der Waals surface area (Å²) in [5.41, 5.74) is 0.844. The third-order valence-electron chi connectivity index (χ3n) is 6.56. The summed E-state index contributed by atoms with van der Waals surface area (Å²) in [6, 6.07) is 0.586. The van der Waals surface area contributed by atoms with Crippen LogP contribution in [-0.2, 0) is 11.8 Å². The zero-order valence-corrected chi connectivity index (χ0v) is 15.8. The van der Waals surface area contributed by atoms with Gasteiger partial charge in [-0.1, -0.05) is 12.8 Å². The van der Waals surface area contributed by atoms with Crippen LogP contribution < -0.4 is 10.2 Å². The first kappa shape index (κ1) is 16.9. The molecule has 3 atom stereocenters. The molecular weight excluding hydrogens is 342 g/mol. The van der Waals surface area contributed by atoms with E-state index in [1.165, 1.54) is 25.7 Å². The first-order valence-corrected chi connectivity index (χ1v) is 10.1. The van der Waals surface area contributed by atoms with Crippen molar-refractivity contribution < 1.29 is 4.79 Å². The second kappa shape index (κ2) is 6.74. The predicted molar refractivity (Wildman–Crippen MR) is 102 cm³/mol. The number of carbonyl (C=O) groups is 1. The molecule has 0 spiro atoms. The second-order valence-corrected chi connectivity index (χ2v) is 8.12. The summed E-state index contributed by atoms with van der Waals surface area (Å²) in [7, 11) is 1.89. The average molecular weight is 369 g/mol. The molecule has 0 bridgehead atoms. The molecule has 1 N–H and O–H groups in total. The van der Waals surface area contributed by atoms with E-state index in [0.717, 1.165) is 49.5 Å². The lowest BCUT2D eigenvalue weighted by atomic mass is 9.85. The number of amides is 1. The van der Waals surface area contributed by atoms with Crippen LogP contribution in [0.15, 0.2) is 12.5 Å². The number of hydrogen-bond acceptors (Lipinski definition) is 6. The van der Waals surface area contributed by atoms with E-state index in [9.17, 15) is 4.79 Å². The molecule has 3 aliphatic rings. The molecule has 0 radical (unpaired) electrons. The zero-order chi connectivity index (χ0) is 18.4. The number of rotatable bonds is 2. The van der Waals surface area contributed by atoms with E-state index < -0.39 is 0 Å². The average Bonchev–Trinajstić information content (AvgIpc) is 3.31. The van der Waals surface area contributed by atoms with Crippen LogP contribution >= 0.6 is 0 Å². The van der Waals surface area contributed by atoms with Crippen molar-refractivity contribution in [3.05, 3.63) is 12.5 Å². The highest BCUT2D eigenvalue weighted by atomic mass is 16.2. The van der Waals surface area contributed by atoms with Crippen molar-refractivity contribution in [3.63, 3.8) is 0 Å². The Bertz CT molecular complexity index is 828. The number of aromatic nitrogens is 4. The Morgan fingerprint density at radius 2 is 1.96 bits per heavy atom. The molecule has 27 heavy (non-hydrogen) atoms. The van der Waals surface area contributed by atoms with E-state index >= 15 is 0 Å². The molecule has 1 saturated carbocycles. The summed E-state index contributed by atoms with van der Waals surface area (Å²) in [6.07, 6.45) is 9.58. The van der Waals surface area contributed by atoms with Crippen molar-refractivity contribution in [1.82, 2.24) is 30.0 Å². The van der Waals surface area contributed by atoms with Crippen molar-refractivity contribution in [2.45, 2.75) is 44.2 Å². The fourth-order valence-electron chi connectivity index (χ4n) is 5.07. The van der Waals surface area contributed by atoms with Crippen molar-refractivity contribution in [3.8, 4) is 0 Å². The maximum atomic E-state index is 13.0. The fraction of sp³-hybridized carbons (Fsp3) is 0.684. The molecule has 2 aromatic rings. The SMILES string of the molecule is Cn1ncc2c(N3CCN(C(=O)C4CC5CCCCC5N4)CC3)ncnc21. The lowest BCUT2D eigenvalue weighted by Gasteiger charge is -2.36. The number of fused-ring (bicyclic) bond motifs is 2. The van der Waals surface area contributed by atoms with Crippen LogP contribution in [0.25, 0.3) is 11.0 Å². The van der Waals surface area contributed by atoms with Gasteiger partial charge in [0.1, 0.15) is 12.1 Å². The van der Waals surface area contributed by atoms with E-state index in [4.69, 9.17) is 0 Å². The summed E-state index contributed by atoms with van der Waals surface area (Å²) < 4.78 is 1.77. The van der Waals surface area contributed by atoms with Gasteiger partial charge in [-0.3, -0.25) is 9.48 Å². The van der Waals surface area contributed by atoms with Crippen LogP contribution in [0.2, 0.25) is 0 Å². The minimum Gasteiger partial charge on any atom is -0.352 e. The van der Waals surface area contributed by atoms with Crippen LogP contribution in [0.4, 0.5) is 5.82 Å². The van der Waals surface area contributed by atoms with E-state index in [1.54, 1.807) is 11.0 Å². The Morgan fingerprint density at radius 1 is 1.15 bits per heavy atom. The minimum absolute atomic E-state index is 0.0220. The lowest BCUT2D eigenvalue weighted by Crippen LogP contribution is -2.53. The summed E-state index contributed by atoms with van der Waals surface area (Å²) in [4.78, 5) is 26.1. The van der Waals surface area contributed by atoms with E-state index in [1.807, 2.05) is 18.1 Å². The highest BCUT2D eigenvalue weighted by Gasteiger charge is 2.40. The molecule has 5 rings (SSSR count). The summed E-state index contributed by atoms with van der Waals surface area (Å²) in [6.45, 7) is 3.09. The summed E-state index contributed by atoms with van der Waals surface area (Å²) >= 11 is 0. The molecule has 2 aromatic heterocycles. The smallest absolute Gasteiger partial charge is 0.239 e. The van der Waals surface area contributed by atoms with Gasteiger partial charge < -0.3 is 15.1 Å². The number of anilines is 1. The van der Waals surface area contributed by atoms with E-state index in [2.05, 4.69) is 25.3 Å². The lowest BCUT2D eigenvalue weighted by molar-refractivity contribution is -0.133. The Kier molecular flexibility index (Phi) is 4.22. The number of piperazine rings is 1. The number of carbonyl (C=O) groups excluding carboxylic acids is 1. The number of nitrogens with zero attached hydrogens (tertiary/aromatic N) is 6. The van der Waals surface area contributed by atoms with Crippen LogP contribution in [0.3, 0.4) is 0 Å². The Hall–Kier alpha value is -2.22. The molecule has 2 aliphatic heterocycles. The fourth-order valence-corrected chi connectivity index (χ4v) is 5.07. The molecule has 8 heteroatoms. The van der Waals surface area contributed by atoms with Crippen molar-refractivity contribution in [1.29, 1.82) is 0 Å². The Balaban J connectivity index is 1.24. The topological polar surface area (TPSA) is 79.2 Å². The predicted octanol–water partition coefficient (Wildman–Crippen LogP) is 0.933. The van der Waals surface area contributed by atoms with Crippen molar-refractivity contribution >= 4 is 22.8 Å². The first-order valence-electron chi connectivity index (χ1n) is 10.1. The molecule has 8 nitrogen and oxygen atoms in total. The second-order valence-electron chi connectivity index (χ2n) is 8.12. The van der Waals surface area contributed by atoms with Crippen molar-refractivity contribution in [2.24, 2.45) is 13.0 Å². The van der Waals surface area contributed by atoms with Crippen LogP contribution in [0.1, 0.15) is 32.1 Å². The number of aryl methyl sites for hydroxylation is 1. The van der Waals surface area contributed by atoms with Gasteiger partial charge in [-0.15, -0.1) is 0 Å². The van der Waals surface area contributed by atoms with Gasteiger partial charge in [0.15, 0.2) is 5.65 Å². The minimum atomic E-state index is 0.0220. The van der Waals surface area contributed by atoms with Gasteiger partial charge in [0.2, 0.25) is 5.91 Å². The molecule has 3 unspecified atom stereocenters. The molecule has 2 saturated heterocycles. The number of nitrogens with one attached hydrogen (secondary N) is 1. The summed E-state index contributed by atoms with van der Waals surface area (Å²) in [5, 5.41) is 8.89. The van der Waals surface area contributed by atoms with Crippen LogP contribution in [0, 0.1) is 5.92 Å². The normalized spacial score (nSPS) is 28.6. The molecule has 3 fully saturated rings. The molecule has 144 valence electrons. The van der Waals surface area contributed by atoms with Gasteiger partial charge in [-0.25, -0.2) is 9.97 Å². The Labute approximate surface area is 158 Å². The highest BCUT2D eigenvalue weighted by Crippen LogP contribution is 2.34. The van der Waals surface area contributed by atoms with Gasteiger partial charge >= 0.3 is 0 Å². The molecular formula is C19H27N7O. The van der Waals surface area contributed by atoms with Gasteiger partial charge in [0, 0.05) is 39.3 Å².